The van der Waals surface area contributed by atoms with E-state index in [-0.39, 0.29) is 0 Å². The Hall–Kier alpha value is -2.24. The number of likely N-dealkylation sites (tertiary alicyclic amines) is 1. The Bertz CT molecular complexity index is 711. The van der Waals surface area contributed by atoms with Crippen LogP contribution in [0.15, 0.2) is 29.0 Å². The Morgan fingerprint density at radius 3 is 3.00 bits per heavy atom. The minimum atomic E-state index is 0.352. The van der Waals surface area contributed by atoms with Gasteiger partial charge < -0.3 is 9.42 Å². The van der Waals surface area contributed by atoms with Crippen molar-refractivity contribution in [3.8, 4) is 11.5 Å². The highest BCUT2D eigenvalue weighted by molar-refractivity contribution is 5.76. The van der Waals surface area contributed by atoms with Crippen molar-refractivity contribution >= 4 is 5.91 Å². The van der Waals surface area contributed by atoms with E-state index in [1.165, 1.54) is 19.3 Å². The quantitative estimate of drug-likeness (QED) is 0.808. The first-order valence-corrected chi connectivity index (χ1v) is 9.28. The number of aromatic nitrogens is 3. The minimum Gasteiger partial charge on any atom is -0.342 e. The third-order valence-electron chi connectivity index (χ3n) is 5.18. The molecule has 0 spiro atoms. The normalized spacial score (nSPS) is 20.6. The zero-order valence-electron chi connectivity index (χ0n) is 14.4. The first kappa shape index (κ1) is 16.2. The molecule has 6 heteroatoms. The molecule has 3 heterocycles. The smallest absolute Gasteiger partial charge is 0.259 e. The van der Waals surface area contributed by atoms with Gasteiger partial charge in [0.1, 0.15) is 0 Å². The molecule has 4 rings (SSSR count). The molecule has 6 nitrogen and oxygen atoms in total. The molecule has 1 unspecified atom stereocenters. The summed E-state index contributed by atoms with van der Waals surface area (Å²) in [5.74, 6) is 2.81. The highest BCUT2D eigenvalue weighted by atomic mass is 16.5. The Kier molecular flexibility index (Phi) is 4.76. The van der Waals surface area contributed by atoms with Gasteiger partial charge >= 0.3 is 0 Å². The second-order valence-corrected chi connectivity index (χ2v) is 7.29. The molecular weight excluding hydrogens is 316 g/mol. The second kappa shape index (κ2) is 7.33. The van der Waals surface area contributed by atoms with Crippen molar-refractivity contribution in [2.75, 3.05) is 13.1 Å². The number of carbonyl (C=O) groups is 1. The number of hydrogen-bond acceptors (Lipinski definition) is 5. The Labute approximate surface area is 147 Å². The Morgan fingerprint density at radius 2 is 2.20 bits per heavy atom. The molecule has 2 fully saturated rings. The standard InChI is InChI=1S/C19H24N4O2/c24-18(11-14-5-6-14)23-10-2-3-15(13-23)7-8-17-21-19(25-22-17)16-4-1-9-20-12-16/h1,4,9,12,14-15H,2-3,5-8,10-11,13H2. The maximum Gasteiger partial charge on any atom is 0.259 e. The van der Waals surface area contributed by atoms with Crippen molar-refractivity contribution in [3.63, 3.8) is 0 Å². The van der Waals surface area contributed by atoms with E-state index in [9.17, 15) is 4.79 Å². The van der Waals surface area contributed by atoms with Gasteiger partial charge in [0.2, 0.25) is 5.91 Å². The van der Waals surface area contributed by atoms with E-state index < -0.39 is 0 Å². The van der Waals surface area contributed by atoms with E-state index in [1.807, 2.05) is 12.1 Å². The van der Waals surface area contributed by atoms with Crippen molar-refractivity contribution in [1.82, 2.24) is 20.0 Å². The van der Waals surface area contributed by atoms with E-state index in [1.54, 1.807) is 12.4 Å². The fraction of sp³-hybridized carbons (Fsp3) is 0.579. The molecule has 0 N–H and O–H groups in total. The molecule has 132 valence electrons. The lowest BCUT2D eigenvalue weighted by Crippen LogP contribution is -2.40. The largest absolute Gasteiger partial charge is 0.342 e. The summed E-state index contributed by atoms with van der Waals surface area (Å²) in [6.07, 6.45) is 10.8. The van der Waals surface area contributed by atoms with Crippen molar-refractivity contribution < 1.29 is 9.32 Å². The maximum atomic E-state index is 12.3. The van der Waals surface area contributed by atoms with Crippen molar-refractivity contribution in [3.05, 3.63) is 30.4 Å². The number of nitrogens with zero attached hydrogens (tertiary/aromatic N) is 4. The summed E-state index contributed by atoms with van der Waals surface area (Å²) in [5.41, 5.74) is 0.843. The molecule has 0 radical (unpaired) electrons. The maximum absolute atomic E-state index is 12.3. The van der Waals surface area contributed by atoms with Crippen LogP contribution in [0, 0.1) is 11.8 Å². The number of rotatable bonds is 6. The van der Waals surface area contributed by atoms with Gasteiger partial charge in [-0.3, -0.25) is 9.78 Å². The number of amides is 1. The molecule has 25 heavy (non-hydrogen) atoms. The molecular formula is C19H24N4O2. The zero-order valence-corrected chi connectivity index (χ0v) is 14.4. The lowest BCUT2D eigenvalue weighted by atomic mass is 9.93. The Morgan fingerprint density at radius 1 is 1.28 bits per heavy atom. The van der Waals surface area contributed by atoms with Gasteiger partial charge in [0.15, 0.2) is 5.82 Å². The lowest BCUT2D eigenvalue weighted by Gasteiger charge is -2.32. The number of carbonyl (C=O) groups excluding carboxylic acids is 1. The van der Waals surface area contributed by atoms with Crippen LogP contribution in [0.3, 0.4) is 0 Å². The van der Waals surface area contributed by atoms with Crippen molar-refractivity contribution in [2.45, 2.75) is 44.9 Å². The molecule has 1 saturated carbocycles. The number of pyridine rings is 1. The van der Waals surface area contributed by atoms with E-state index in [0.29, 0.717) is 23.6 Å². The summed E-state index contributed by atoms with van der Waals surface area (Å²) < 4.78 is 5.33. The minimum absolute atomic E-state index is 0.352. The van der Waals surface area contributed by atoms with Gasteiger partial charge in [-0.25, -0.2) is 0 Å². The van der Waals surface area contributed by atoms with Crippen LogP contribution in [0.4, 0.5) is 0 Å². The lowest BCUT2D eigenvalue weighted by molar-refractivity contribution is -0.133. The molecule has 0 aromatic carbocycles. The van der Waals surface area contributed by atoms with E-state index in [0.717, 1.165) is 50.2 Å². The molecule has 0 bridgehead atoms. The molecule has 1 saturated heterocycles. The fourth-order valence-corrected chi connectivity index (χ4v) is 3.52. The molecule has 1 aliphatic heterocycles. The SMILES string of the molecule is O=C(CC1CC1)N1CCCC(CCc2noc(-c3cccnc3)n2)C1. The van der Waals surface area contributed by atoms with Gasteiger partial charge in [-0.1, -0.05) is 5.16 Å². The summed E-state index contributed by atoms with van der Waals surface area (Å²) in [6, 6.07) is 3.77. The first-order valence-electron chi connectivity index (χ1n) is 9.28. The van der Waals surface area contributed by atoms with Crippen LogP contribution in [0.1, 0.15) is 44.3 Å². The topological polar surface area (TPSA) is 72.1 Å². The van der Waals surface area contributed by atoms with Crippen LogP contribution in [0.25, 0.3) is 11.5 Å². The molecule has 2 aromatic heterocycles. The van der Waals surface area contributed by atoms with Gasteiger partial charge in [0.25, 0.3) is 5.89 Å². The molecule has 1 aliphatic carbocycles. The van der Waals surface area contributed by atoms with Gasteiger partial charge in [-0.05, 0) is 56.1 Å². The van der Waals surface area contributed by atoms with Gasteiger partial charge in [0.05, 0.1) is 5.56 Å². The van der Waals surface area contributed by atoms with E-state index in [2.05, 4.69) is 20.0 Å². The van der Waals surface area contributed by atoms with Crippen LogP contribution in [-0.2, 0) is 11.2 Å². The van der Waals surface area contributed by atoms with Crippen LogP contribution in [0.5, 0.6) is 0 Å². The monoisotopic (exact) mass is 340 g/mol. The van der Waals surface area contributed by atoms with E-state index >= 15 is 0 Å². The summed E-state index contributed by atoms with van der Waals surface area (Å²) in [4.78, 5) is 22.9. The summed E-state index contributed by atoms with van der Waals surface area (Å²) in [7, 11) is 0. The average Bonchev–Trinajstić information content (AvgIpc) is 3.34. The highest BCUT2D eigenvalue weighted by Crippen LogP contribution is 2.33. The van der Waals surface area contributed by atoms with Gasteiger partial charge in [0, 0.05) is 38.3 Å². The van der Waals surface area contributed by atoms with Crippen molar-refractivity contribution in [1.29, 1.82) is 0 Å². The summed E-state index contributed by atoms with van der Waals surface area (Å²) in [6.45, 7) is 1.81. The number of aryl methyl sites for hydroxylation is 1. The molecule has 2 aromatic rings. The van der Waals surface area contributed by atoms with Gasteiger partial charge in [-0.15, -0.1) is 0 Å². The molecule has 1 atom stereocenters. The zero-order chi connectivity index (χ0) is 17.1. The number of hydrogen-bond donors (Lipinski definition) is 0. The fourth-order valence-electron chi connectivity index (χ4n) is 3.52. The first-order chi connectivity index (χ1) is 12.3. The van der Waals surface area contributed by atoms with Crippen LogP contribution in [0.2, 0.25) is 0 Å². The second-order valence-electron chi connectivity index (χ2n) is 7.29. The third kappa shape index (κ3) is 4.24. The average molecular weight is 340 g/mol. The summed E-state index contributed by atoms with van der Waals surface area (Å²) >= 11 is 0. The third-order valence-corrected chi connectivity index (χ3v) is 5.18. The predicted molar refractivity (Wildman–Crippen MR) is 92.5 cm³/mol. The van der Waals surface area contributed by atoms with Crippen LogP contribution in [-0.4, -0.2) is 39.0 Å². The van der Waals surface area contributed by atoms with E-state index in [4.69, 9.17) is 4.52 Å². The summed E-state index contributed by atoms with van der Waals surface area (Å²) in [5, 5.41) is 4.08. The molecule has 2 aliphatic rings. The highest BCUT2D eigenvalue weighted by Gasteiger charge is 2.29. The number of piperidine rings is 1. The Balaban J connectivity index is 1.29. The molecule has 1 amide bonds. The van der Waals surface area contributed by atoms with Gasteiger partial charge in [-0.2, -0.15) is 4.98 Å². The van der Waals surface area contributed by atoms with Crippen molar-refractivity contribution in [2.24, 2.45) is 11.8 Å². The van der Waals surface area contributed by atoms with Crippen LogP contribution < -0.4 is 0 Å². The predicted octanol–water partition coefficient (Wildman–Crippen LogP) is 3.10. The van der Waals surface area contributed by atoms with Crippen LogP contribution >= 0.6 is 0 Å².